The summed E-state index contributed by atoms with van der Waals surface area (Å²) in [5, 5.41) is 16.1. The predicted octanol–water partition coefficient (Wildman–Crippen LogP) is -1.89. The number of hydrogen-bond acceptors (Lipinski definition) is 6. The largest absolute Gasteiger partial charge is 1.00 e. The molecule has 0 atom stereocenters. The summed E-state index contributed by atoms with van der Waals surface area (Å²) in [5.74, 6) is -1.83. The first-order chi connectivity index (χ1) is 7.41. The zero-order valence-corrected chi connectivity index (χ0v) is 11.2. The Labute approximate surface area is 120 Å². The van der Waals surface area contributed by atoms with Gasteiger partial charge in [0.2, 0.25) is 0 Å². The molecule has 0 aromatic heterocycles. The Morgan fingerprint density at radius 1 is 0.824 bits per heavy atom. The van der Waals surface area contributed by atoms with Gasteiger partial charge in [0.15, 0.2) is 0 Å². The van der Waals surface area contributed by atoms with Crippen LogP contribution >= 0.6 is 0 Å². The van der Waals surface area contributed by atoms with Crippen molar-refractivity contribution >= 4 is 24.2 Å². The first-order valence-corrected chi connectivity index (χ1v) is 4.29. The smallest absolute Gasteiger partial charge is 1.00 e. The van der Waals surface area contributed by atoms with E-state index in [-0.39, 0.29) is 56.7 Å². The van der Waals surface area contributed by atoms with Gasteiger partial charge in [-0.05, 0) is 12.8 Å². The molecule has 17 heavy (non-hydrogen) atoms. The van der Waals surface area contributed by atoms with Crippen LogP contribution in [-0.2, 0) is 19.1 Å². The van der Waals surface area contributed by atoms with Gasteiger partial charge in [-0.25, -0.2) is 9.59 Å². The van der Waals surface area contributed by atoms with E-state index in [0.717, 1.165) is 0 Å². The van der Waals surface area contributed by atoms with Crippen molar-refractivity contribution in [3.63, 3.8) is 0 Å². The van der Waals surface area contributed by atoms with E-state index in [1.54, 1.807) is 0 Å². The van der Waals surface area contributed by atoms with Crippen molar-refractivity contribution in [2.45, 2.75) is 25.7 Å². The number of unbranched alkanes of at least 4 members (excludes halogenated alkanes) is 1. The van der Waals surface area contributed by atoms with Crippen LogP contribution in [0.5, 0.6) is 0 Å². The summed E-state index contributed by atoms with van der Waals surface area (Å²) in [6.07, 6.45) is -3.27. The normalized spacial score (nSPS) is 8.71. The summed E-state index contributed by atoms with van der Waals surface area (Å²) < 4.78 is 7.58. The van der Waals surface area contributed by atoms with Crippen LogP contribution < -0.4 is 29.6 Å². The third-order valence-corrected chi connectivity index (χ3v) is 1.41. The van der Waals surface area contributed by atoms with Gasteiger partial charge in [-0.3, -0.25) is 9.59 Å². The summed E-state index contributed by atoms with van der Waals surface area (Å²) in [7, 11) is 0. The molecule has 0 spiro atoms. The van der Waals surface area contributed by atoms with Crippen molar-refractivity contribution in [1.82, 2.24) is 0 Å². The number of carboxylic acid groups (broad SMARTS) is 2. The first-order valence-electron chi connectivity index (χ1n) is 4.29. The van der Waals surface area contributed by atoms with Crippen molar-refractivity contribution in [2.24, 2.45) is 0 Å². The van der Waals surface area contributed by atoms with Gasteiger partial charge in [-0.1, -0.05) is 0 Å². The minimum absolute atomic E-state index is 0. The van der Waals surface area contributed by atoms with Crippen LogP contribution in [0.4, 0.5) is 9.59 Å². The molecule has 92 valence electrons. The van der Waals surface area contributed by atoms with E-state index >= 15 is 0 Å². The van der Waals surface area contributed by atoms with Gasteiger partial charge in [-0.2, -0.15) is 0 Å². The monoisotopic (exact) mass is 258 g/mol. The zero-order chi connectivity index (χ0) is 12.6. The van der Waals surface area contributed by atoms with Crippen molar-refractivity contribution in [1.29, 1.82) is 0 Å². The zero-order valence-electron chi connectivity index (χ0n) is 10.2. The first kappa shape index (κ1) is 18.3. The maximum Gasteiger partial charge on any atom is 1.00 e. The number of ether oxygens (including phenoxy) is 2. The molecule has 9 heteroatoms. The minimum atomic E-state index is -1.68. The van der Waals surface area contributed by atoms with E-state index in [1.807, 2.05) is 0 Å². The van der Waals surface area contributed by atoms with E-state index < -0.39 is 24.2 Å². The molecular formula is C8H11NaO8. The van der Waals surface area contributed by atoms with Crippen LogP contribution in [0.2, 0.25) is 0 Å². The van der Waals surface area contributed by atoms with Gasteiger partial charge in [0.25, 0.3) is 0 Å². The Morgan fingerprint density at radius 3 is 1.35 bits per heavy atom. The summed E-state index contributed by atoms with van der Waals surface area (Å²) in [4.78, 5) is 41.1. The third kappa shape index (κ3) is 12.8. The van der Waals surface area contributed by atoms with Crippen LogP contribution in [0.3, 0.4) is 0 Å². The Balaban J connectivity index is -0.00000112. The number of hydrogen-bond donors (Lipinski definition) is 2. The van der Waals surface area contributed by atoms with Crippen LogP contribution in [0.25, 0.3) is 0 Å². The molecule has 0 radical (unpaired) electrons. The van der Waals surface area contributed by atoms with E-state index in [0.29, 0.717) is 0 Å². The molecule has 0 saturated carbocycles. The SMILES string of the molecule is O=C(O)OC(=O)CCCCC(=O)OC(=O)O.[H-].[Na+]. The van der Waals surface area contributed by atoms with Crippen molar-refractivity contribution < 1.29 is 69.8 Å². The maximum absolute atomic E-state index is 10.7. The quantitative estimate of drug-likeness (QED) is 0.253. The fourth-order valence-corrected chi connectivity index (χ4v) is 0.836. The Morgan fingerprint density at radius 2 is 1.12 bits per heavy atom. The number of rotatable bonds is 5. The molecule has 0 aliphatic rings. The molecule has 2 N–H and O–H groups in total. The predicted molar refractivity (Wildman–Crippen MR) is 47.8 cm³/mol. The van der Waals surface area contributed by atoms with Gasteiger partial charge < -0.3 is 21.1 Å². The molecule has 0 heterocycles. The molecule has 0 aliphatic carbocycles. The maximum atomic E-state index is 10.7. The van der Waals surface area contributed by atoms with Crippen LogP contribution in [-0.4, -0.2) is 34.5 Å². The van der Waals surface area contributed by atoms with Gasteiger partial charge in [0.05, 0.1) is 0 Å². The van der Waals surface area contributed by atoms with Gasteiger partial charge in [0.1, 0.15) is 0 Å². The second-order valence-corrected chi connectivity index (χ2v) is 2.69. The molecule has 0 unspecified atom stereocenters. The van der Waals surface area contributed by atoms with E-state index in [9.17, 15) is 19.2 Å². The van der Waals surface area contributed by atoms with Crippen molar-refractivity contribution in [3.05, 3.63) is 0 Å². The Kier molecular flexibility index (Phi) is 10.8. The summed E-state index contributed by atoms with van der Waals surface area (Å²) in [6.45, 7) is 0. The minimum Gasteiger partial charge on any atom is -1.00 e. The molecule has 8 nitrogen and oxygen atoms in total. The third-order valence-electron chi connectivity index (χ3n) is 1.41. The molecule has 0 aromatic rings. The van der Waals surface area contributed by atoms with Crippen molar-refractivity contribution in [2.75, 3.05) is 0 Å². The van der Waals surface area contributed by atoms with E-state index in [2.05, 4.69) is 9.47 Å². The second-order valence-electron chi connectivity index (χ2n) is 2.69. The van der Waals surface area contributed by atoms with Crippen LogP contribution in [0.1, 0.15) is 27.1 Å². The number of carbonyl (C=O) groups is 4. The molecule has 0 aliphatic heterocycles. The average Bonchev–Trinajstić information content (AvgIpc) is 2.10. The summed E-state index contributed by atoms with van der Waals surface area (Å²) >= 11 is 0. The average molecular weight is 258 g/mol. The molecule has 0 fully saturated rings. The molecule has 0 bridgehead atoms. The van der Waals surface area contributed by atoms with Crippen molar-refractivity contribution in [3.8, 4) is 0 Å². The van der Waals surface area contributed by atoms with E-state index in [4.69, 9.17) is 10.2 Å². The van der Waals surface area contributed by atoms with Crippen LogP contribution in [0.15, 0.2) is 0 Å². The van der Waals surface area contributed by atoms with Gasteiger partial charge in [0, 0.05) is 12.8 Å². The van der Waals surface area contributed by atoms with Gasteiger partial charge in [-0.15, -0.1) is 0 Å². The molecular weight excluding hydrogens is 247 g/mol. The molecule has 0 rings (SSSR count). The fourth-order valence-electron chi connectivity index (χ4n) is 0.836. The van der Waals surface area contributed by atoms with E-state index in [1.165, 1.54) is 0 Å². The summed E-state index contributed by atoms with van der Waals surface area (Å²) in [5.41, 5.74) is 0. The Bertz CT molecular complexity index is 275. The fraction of sp³-hybridized carbons (Fsp3) is 0.500. The standard InChI is InChI=1S/C8H10O8.Na.H/c9-5(15-7(11)12)3-1-2-4-6(10)16-8(13)14;;/h1-4H2,(H,11,12)(H,13,14);;/q;+1;-1. The topological polar surface area (TPSA) is 127 Å². The number of carbonyl (C=O) groups excluding carboxylic acids is 2. The molecule has 0 amide bonds. The number of esters is 2. The second kappa shape index (κ2) is 10.1. The van der Waals surface area contributed by atoms with Gasteiger partial charge >= 0.3 is 53.8 Å². The molecule has 0 aromatic carbocycles. The summed E-state index contributed by atoms with van der Waals surface area (Å²) in [6, 6.07) is 0. The Hall–Kier alpha value is -1.12. The van der Waals surface area contributed by atoms with Crippen LogP contribution in [0, 0.1) is 0 Å². The molecule has 0 saturated heterocycles.